The van der Waals surface area contributed by atoms with Crippen LogP contribution in [0.1, 0.15) is 20.8 Å². The molecule has 0 rings (SSSR count). The lowest BCUT2D eigenvalue weighted by atomic mass is 10.1. The molecule has 0 fully saturated rings. The van der Waals surface area contributed by atoms with E-state index in [9.17, 15) is 5.21 Å². The maximum absolute atomic E-state index is 10.3. The maximum atomic E-state index is 10.3. The highest BCUT2D eigenvalue weighted by molar-refractivity contribution is 5.95. The van der Waals surface area contributed by atoms with Gasteiger partial charge in [0.1, 0.15) is 5.54 Å². The Balaban J connectivity index is 3.89. The van der Waals surface area contributed by atoms with Crippen LogP contribution in [0.15, 0.2) is 5.11 Å². The van der Waals surface area contributed by atoms with Crippen LogP contribution in [0.3, 0.4) is 0 Å². The second kappa shape index (κ2) is 2.26. The van der Waals surface area contributed by atoms with Gasteiger partial charge in [0.25, 0.3) is 0 Å². The minimum atomic E-state index is -0.205. The van der Waals surface area contributed by atoms with Gasteiger partial charge in [0.2, 0.25) is 0 Å². The van der Waals surface area contributed by atoms with Gasteiger partial charge in [-0.2, -0.15) is 4.53 Å². The highest BCUT2D eigenvalue weighted by Gasteiger charge is 2.09. The van der Waals surface area contributed by atoms with E-state index in [2.05, 4.69) is 5.11 Å². The third-order valence-electron chi connectivity index (χ3n) is 0.441. The van der Waals surface area contributed by atoms with E-state index in [1.807, 2.05) is 20.8 Å². The molecule has 0 aliphatic rings. The van der Waals surface area contributed by atoms with Crippen molar-refractivity contribution in [3.8, 4) is 0 Å². The summed E-state index contributed by atoms with van der Waals surface area (Å²) < 4.78 is 0.722. The van der Waals surface area contributed by atoms with E-state index in [-0.39, 0.29) is 5.54 Å². The van der Waals surface area contributed by atoms with Crippen molar-refractivity contribution in [2.75, 3.05) is 0 Å². The van der Waals surface area contributed by atoms with Crippen molar-refractivity contribution in [2.24, 2.45) is 5.11 Å². The molecule has 0 N–H and O–H groups in total. The summed E-state index contributed by atoms with van der Waals surface area (Å²) in [6.45, 7) is 5.70. The Hall–Kier alpha value is -0.383. The summed E-state index contributed by atoms with van der Waals surface area (Å²) in [5.74, 6) is 0. The molecule has 0 spiro atoms. The van der Waals surface area contributed by atoms with Gasteiger partial charge in [-0.05, 0) is 20.8 Å². The summed E-state index contributed by atoms with van der Waals surface area (Å²) in [6, 6.07) is 0. The first-order valence-electron chi connectivity index (χ1n) is 2.55. The molecule has 0 aromatic carbocycles. The van der Waals surface area contributed by atoms with Gasteiger partial charge in [0.05, 0.1) is 0 Å². The van der Waals surface area contributed by atoms with E-state index in [1.165, 1.54) is 0 Å². The summed E-state index contributed by atoms with van der Waals surface area (Å²) in [7, 11) is 0.461. The lowest BCUT2D eigenvalue weighted by Crippen LogP contribution is -2.13. The molecule has 0 atom stereocenters. The van der Waals surface area contributed by atoms with Gasteiger partial charge in [-0.25, -0.2) is 0 Å². The lowest BCUT2D eigenvalue weighted by molar-refractivity contribution is -0.383. The SMILES string of the molecule is CC(C)(C)/N=[N+](\[O-])[SiH3]. The van der Waals surface area contributed by atoms with Crippen LogP contribution in [0.4, 0.5) is 0 Å². The smallest absolute Gasteiger partial charge is 0.354 e. The molecule has 0 amide bonds. The zero-order valence-corrected chi connectivity index (χ0v) is 7.80. The van der Waals surface area contributed by atoms with Crippen molar-refractivity contribution in [3.05, 3.63) is 5.21 Å². The van der Waals surface area contributed by atoms with E-state index in [1.54, 1.807) is 0 Å². The second-order valence-electron chi connectivity index (χ2n) is 2.74. The van der Waals surface area contributed by atoms with Crippen LogP contribution >= 0.6 is 0 Å². The molecule has 4 heteroatoms. The number of hydrogen-bond donors (Lipinski definition) is 0. The third-order valence-corrected chi connectivity index (χ3v) is 0.641. The normalized spacial score (nSPS) is 14.6. The molecule has 8 heavy (non-hydrogen) atoms. The van der Waals surface area contributed by atoms with Gasteiger partial charge in [-0.3, -0.25) is 0 Å². The summed E-state index contributed by atoms with van der Waals surface area (Å²) in [5, 5.41) is 14.0. The van der Waals surface area contributed by atoms with Gasteiger partial charge in [0, 0.05) is 0 Å². The Kier molecular flexibility index (Phi) is 2.15. The van der Waals surface area contributed by atoms with Crippen LogP contribution in [0.5, 0.6) is 0 Å². The molecule has 0 aliphatic carbocycles. The fourth-order valence-corrected chi connectivity index (χ4v) is 1.02. The molecule has 48 valence electrons. The highest BCUT2D eigenvalue weighted by Crippen LogP contribution is 2.04. The van der Waals surface area contributed by atoms with Crippen LogP contribution in [0, 0.1) is 5.21 Å². The Morgan fingerprint density at radius 1 is 1.50 bits per heavy atom. The fourth-order valence-electron chi connectivity index (χ4n) is 0.422. The minimum Gasteiger partial charge on any atom is -0.622 e. The van der Waals surface area contributed by atoms with Crippen LogP contribution in [0.2, 0.25) is 0 Å². The third kappa shape index (κ3) is 5.62. The van der Waals surface area contributed by atoms with Crippen molar-refractivity contribution < 1.29 is 4.53 Å². The second-order valence-corrected chi connectivity index (χ2v) is 3.50. The molecule has 0 saturated carbocycles. The molecule has 0 radical (unpaired) electrons. The quantitative estimate of drug-likeness (QED) is 0.260. The van der Waals surface area contributed by atoms with Gasteiger partial charge in [-0.15, -0.1) is 0 Å². The zero-order chi connectivity index (χ0) is 6.78. The largest absolute Gasteiger partial charge is 0.622 e. The van der Waals surface area contributed by atoms with E-state index < -0.39 is 0 Å². The average Bonchev–Trinajstić information content (AvgIpc) is 1.21. The molecule has 0 aliphatic heterocycles. The number of rotatable bonds is 0. The van der Waals surface area contributed by atoms with Crippen molar-refractivity contribution in [1.82, 2.24) is 0 Å². The molecule has 0 aromatic heterocycles. The molecule has 0 unspecified atom stereocenters. The predicted molar refractivity (Wildman–Crippen MR) is 35.7 cm³/mol. The molecule has 0 aromatic rings. The van der Waals surface area contributed by atoms with E-state index >= 15 is 0 Å². The molecular formula is C4H12N2OSi. The minimum absolute atomic E-state index is 0.205. The van der Waals surface area contributed by atoms with Crippen LogP contribution in [0.25, 0.3) is 0 Å². The molecule has 0 heterocycles. The Morgan fingerprint density at radius 3 is 1.88 bits per heavy atom. The maximum Gasteiger partial charge on any atom is 0.354 e. The van der Waals surface area contributed by atoms with Crippen molar-refractivity contribution in [2.45, 2.75) is 26.3 Å². The summed E-state index contributed by atoms with van der Waals surface area (Å²) in [6.07, 6.45) is 0. The Labute approximate surface area is 52.5 Å². The first-order chi connectivity index (χ1) is 3.42. The number of nitrogens with zero attached hydrogens (tertiary/aromatic N) is 2. The first kappa shape index (κ1) is 7.62. The van der Waals surface area contributed by atoms with Crippen molar-refractivity contribution in [1.29, 1.82) is 0 Å². The Morgan fingerprint density at radius 2 is 1.88 bits per heavy atom. The van der Waals surface area contributed by atoms with Crippen LogP contribution in [-0.2, 0) is 0 Å². The summed E-state index contributed by atoms with van der Waals surface area (Å²) >= 11 is 0. The topological polar surface area (TPSA) is 38.4 Å². The van der Waals surface area contributed by atoms with Crippen molar-refractivity contribution >= 4 is 10.4 Å². The fraction of sp³-hybridized carbons (Fsp3) is 1.00. The molecule has 0 bridgehead atoms. The molecular weight excluding hydrogens is 120 g/mol. The summed E-state index contributed by atoms with van der Waals surface area (Å²) in [4.78, 5) is 0. The molecule has 0 saturated heterocycles. The lowest BCUT2D eigenvalue weighted by Gasteiger charge is -2.07. The average molecular weight is 132 g/mol. The van der Waals surface area contributed by atoms with Gasteiger partial charge >= 0.3 is 10.4 Å². The van der Waals surface area contributed by atoms with Crippen LogP contribution in [-0.4, -0.2) is 20.5 Å². The monoisotopic (exact) mass is 132 g/mol. The standard InChI is InChI=1S/C4H12N2OSi/c1-4(2,3)5-6(7)8/h1-3,8H3/b6-5+. The highest BCUT2D eigenvalue weighted by atomic mass is 28.2. The predicted octanol–water partition coefficient (Wildman–Crippen LogP) is 0.0278. The van der Waals surface area contributed by atoms with Gasteiger partial charge < -0.3 is 5.21 Å². The van der Waals surface area contributed by atoms with Crippen molar-refractivity contribution in [3.63, 3.8) is 0 Å². The first-order valence-corrected chi connectivity index (χ1v) is 3.45. The van der Waals surface area contributed by atoms with Crippen LogP contribution < -0.4 is 0 Å². The number of hydrogen-bond acceptors (Lipinski definition) is 2. The van der Waals surface area contributed by atoms with Gasteiger partial charge in [0.15, 0.2) is 0 Å². The van der Waals surface area contributed by atoms with E-state index in [4.69, 9.17) is 0 Å². The van der Waals surface area contributed by atoms with Gasteiger partial charge in [-0.1, -0.05) is 5.11 Å². The zero-order valence-electron chi connectivity index (χ0n) is 5.80. The summed E-state index contributed by atoms with van der Waals surface area (Å²) in [5.41, 5.74) is -0.205. The van der Waals surface area contributed by atoms with E-state index in [0.29, 0.717) is 10.4 Å². The molecule has 3 nitrogen and oxygen atoms in total. The van der Waals surface area contributed by atoms with E-state index in [0.717, 1.165) is 4.53 Å². The Bertz CT molecular complexity index is 101.